The molecule has 2 N–H and O–H groups in total. The first-order valence-electron chi connectivity index (χ1n) is 9.12. The summed E-state index contributed by atoms with van der Waals surface area (Å²) in [6.45, 7) is 4.51. The van der Waals surface area contributed by atoms with Crippen LogP contribution in [0, 0.1) is 0 Å². The maximum atomic E-state index is 10.3. The minimum absolute atomic E-state index is 0.138. The van der Waals surface area contributed by atoms with Gasteiger partial charge in [0.2, 0.25) is 0 Å². The Kier molecular flexibility index (Phi) is 8.48. The molecule has 6 heteroatoms. The molecule has 142 valence electrons. The molecule has 0 aliphatic carbocycles. The highest BCUT2D eigenvalue weighted by atomic mass is 16.5. The molecule has 0 amide bonds. The van der Waals surface area contributed by atoms with Crippen LogP contribution in [0.3, 0.4) is 0 Å². The summed E-state index contributed by atoms with van der Waals surface area (Å²) in [5.74, 6) is 1.31. The lowest BCUT2D eigenvalue weighted by Gasteiger charge is -2.28. The van der Waals surface area contributed by atoms with Gasteiger partial charge in [0.1, 0.15) is 12.7 Å². The van der Waals surface area contributed by atoms with E-state index in [1.807, 2.05) is 30.1 Å². The van der Waals surface area contributed by atoms with Crippen molar-refractivity contribution in [3.8, 4) is 11.5 Å². The summed E-state index contributed by atoms with van der Waals surface area (Å²) < 4.78 is 11.2. The maximum absolute atomic E-state index is 10.3. The second-order valence-electron chi connectivity index (χ2n) is 6.77. The van der Waals surface area contributed by atoms with Crippen molar-refractivity contribution >= 4 is 0 Å². The molecule has 0 aromatic heterocycles. The van der Waals surface area contributed by atoms with Crippen molar-refractivity contribution in [2.45, 2.75) is 31.9 Å². The Morgan fingerprint density at radius 2 is 1.96 bits per heavy atom. The molecule has 0 radical (unpaired) electrons. The number of rotatable bonds is 10. The summed E-state index contributed by atoms with van der Waals surface area (Å²) in [7, 11) is 3.58. The molecule has 1 heterocycles. The molecule has 6 nitrogen and oxygen atoms in total. The van der Waals surface area contributed by atoms with Crippen molar-refractivity contribution in [2.24, 2.45) is 0 Å². The van der Waals surface area contributed by atoms with E-state index in [4.69, 9.17) is 14.6 Å². The van der Waals surface area contributed by atoms with Crippen LogP contribution < -0.4 is 9.47 Å². The molecule has 0 unspecified atom stereocenters. The van der Waals surface area contributed by atoms with Crippen LogP contribution in [0.25, 0.3) is 0 Å². The Bertz CT molecular complexity index is 506. The lowest BCUT2D eigenvalue weighted by atomic mass is 10.1. The lowest BCUT2D eigenvalue weighted by Crippen LogP contribution is -2.38. The lowest BCUT2D eigenvalue weighted by molar-refractivity contribution is 0.0608. The fraction of sp³-hybridized carbons (Fsp3) is 0.684. The van der Waals surface area contributed by atoms with Crippen LogP contribution >= 0.6 is 0 Å². The zero-order valence-electron chi connectivity index (χ0n) is 15.5. The van der Waals surface area contributed by atoms with Crippen molar-refractivity contribution < 1.29 is 19.7 Å². The van der Waals surface area contributed by atoms with E-state index in [0.29, 0.717) is 24.6 Å². The number of β-amino-alcohol motifs (C(OH)–C–C–N with tert-alkyl or cyclic N) is 1. The number of piperidine rings is 1. The summed E-state index contributed by atoms with van der Waals surface area (Å²) in [4.78, 5) is 4.34. The van der Waals surface area contributed by atoms with Crippen LogP contribution in [0.4, 0.5) is 0 Å². The highest BCUT2D eigenvalue weighted by molar-refractivity contribution is 5.43. The van der Waals surface area contributed by atoms with Gasteiger partial charge in [-0.3, -0.25) is 4.90 Å². The van der Waals surface area contributed by atoms with E-state index in [9.17, 15) is 5.11 Å². The van der Waals surface area contributed by atoms with Gasteiger partial charge in [-0.25, -0.2) is 0 Å². The monoisotopic (exact) mass is 352 g/mol. The molecule has 1 aromatic carbocycles. The van der Waals surface area contributed by atoms with E-state index in [0.717, 1.165) is 25.2 Å². The third kappa shape index (κ3) is 6.82. The van der Waals surface area contributed by atoms with E-state index in [1.165, 1.54) is 19.3 Å². The average molecular weight is 352 g/mol. The minimum Gasteiger partial charge on any atom is -0.493 e. The van der Waals surface area contributed by atoms with Gasteiger partial charge >= 0.3 is 0 Å². The molecule has 0 bridgehead atoms. The fourth-order valence-electron chi connectivity index (χ4n) is 3.17. The number of benzene rings is 1. The van der Waals surface area contributed by atoms with E-state index < -0.39 is 6.10 Å². The number of hydrogen-bond acceptors (Lipinski definition) is 6. The topological polar surface area (TPSA) is 65.4 Å². The quantitative estimate of drug-likeness (QED) is 0.663. The second kappa shape index (κ2) is 10.6. The van der Waals surface area contributed by atoms with E-state index in [1.54, 1.807) is 7.11 Å². The molecule has 25 heavy (non-hydrogen) atoms. The zero-order chi connectivity index (χ0) is 18.1. The van der Waals surface area contributed by atoms with Gasteiger partial charge in [-0.2, -0.15) is 0 Å². The number of methoxy groups -OCH3 is 1. The Labute approximate surface area is 151 Å². The van der Waals surface area contributed by atoms with Crippen molar-refractivity contribution in [2.75, 3.05) is 53.6 Å². The number of likely N-dealkylation sites (tertiary alicyclic amines) is 1. The Hall–Kier alpha value is -1.34. The van der Waals surface area contributed by atoms with Gasteiger partial charge in [0.15, 0.2) is 11.5 Å². The highest BCUT2D eigenvalue weighted by Gasteiger charge is 2.16. The summed E-state index contributed by atoms with van der Waals surface area (Å²) in [6.07, 6.45) is 3.21. The van der Waals surface area contributed by atoms with Gasteiger partial charge in [0.05, 0.1) is 13.7 Å². The smallest absolute Gasteiger partial charge is 0.161 e. The molecule has 1 aromatic rings. The summed E-state index contributed by atoms with van der Waals surface area (Å²) in [5.41, 5.74) is 1.08. The Morgan fingerprint density at radius 1 is 1.20 bits per heavy atom. The number of ether oxygens (including phenoxy) is 2. The minimum atomic E-state index is -0.511. The van der Waals surface area contributed by atoms with Crippen LogP contribution in [-0.4, -0.2) is 79.7 Å². The second-order valence-corrected chi connectivity index (χ2v) is 6.77. The van der Waals surface area contributed by atoms with Gasteiger partial charge in [0.25, 0.3) is 0 Å². The standard InChI is InChI=1S/C19H32N2O4/c1-20(10-11-22)13-16-6-7-18(24-2)19(12-16)25-15-17(23)14-21-8-4-3-5-9-21/h6-7,12,17,22-23H,3-5,8-11,13-15H2,1-2H3/t17-/m1/s1. The third-order valence-corrected chi connectivity index (χ3v) is 4.51. The number of nitrogens with zero attached hydrogens (tertiary/aromatic N) is 2. The summed E-state index contributed by atoms with van der Waals surface area (Å²) >= 11 is 0. The maximum Gasteiger partial charge on any atom is 0.161 e. The van der Waals surface area contributed by atoms with E-state index in [-0.39, 0.29) is 13.2 Å². The van der Waals surface area contributed by atoms with Gasteiger partial charge in [-0.15, -0.1) is 0 Å². The number of aliphatic hydroxyl groups excluding tert-OH is 2. The van der Waals surface area contributed by atoms with E-state index in [2.05, 4.69) is 4.90 Å². The Balaban J connectivity index is 1.89. The first kappa shape index (κ1) is 20.0. The molecule has 1 saturated heterocycles. The van der Waals surface area contributed by atoms with Crippen molar-refractivity contribution in [3.05, 3.63) is 23.8 Å². The normalized spacial score (nSPS) is 16.8. The molecule has 1 aliphatic heterocycles. The van der Waals surface area contributed by atoms with Crippen molar-refractivity contribution in [3.63, 3.8) is 0 Å². The first-order valence-corrected chi connectivity index (χ1v) is 9.12. The van der Waals surface area contributed by atoms with Gasteiger partial charge < -0.3 is 24.6 Å². The predicted molar refractivity (Wildman–Crippen MR) is 98.2 cm³/mol. The van der Waals surface area contributed by atoms with Crippen LogP contribution in [0.2, 0.25) is 0 Å². The van der Waals surface area contributed by atoms with Crippen LogP contribution in [0.15, 0.2) is 18.2 Å². The fourth-order valence-corrected chi connectivity index (χ4v) is 3.17. The van der Waals surface area contributed by atoms with Crippen molar-refractivity contribution in [1.29, 1.82) is 0 Å². The highest BCUT2D eigenvalue weighted by Crippen LogP contribution is 2.28. The molecule has 0 spiro atoms. The molecule has 2 rings (SSSR count). The molecule has 1 atom stereocenters. The summed E-state index contributed by atoms with van der Waals surface area (Å²) in [6, 6.07) is 5.82. The van der Waals surface area contributed by atoms with Gasteiger partial charge in [-0.1, -0.05) is 12.5 Å². The van der Waals surface area contributed by atoms with Crippen molar-refractivity contribution in [1.82, 2.24) is 9.80 Å². The molecule has 0 saturated carbocycles. The van der Waals surface area contributed by atoms with Gasteiger partial charge in [0, 0.05) is 19.6 Å². The predicted octanol–water partition coefficient (Wildman–Crippen LogP) is 1.34. The molecular weight excluding hydrogens is 320 g/mol. The number of aliphatic hydroxyl groups is 2. The van der Waals surface area contributed by atoms with Crippen LogP contribution in [0.1, 0.15) is 24.8 Å². The number of hydrogen-bond donors (Lipinski definition) is 2. The van der Waals surface area contributed by atoms with Crippen LogP contribution in [-0.2, 0) is 6.54 Å². The van der Waals surface area contributed by atoms with Gasteiger partial charge in [-0.05, 0) is 50.7 Å². The number of likely N-dealkylation sites (N-methyl/N-ethyl adjacent to an activating group) is 1. The molecule has 1 fully saturated rings. The van der Waals surface area contributed by atoms with E-state index >= 15 is 0 Å². The molecular formula is C19H32N2O4. The average Bonchev–Trinajstić information content (AvgIpc) is 2.61. The zero-order valence-corrected chi connectivity index (χ0v) is 15.5. The SMILES string of the molecule is COc1ccc(CN(C)CCO)cc1OC[C@H](O)CN1CCCCC1. The summed E-state index contributed by atoms with van der Waals surface area (Å²) in [5, 5.41) is 19.3. The molecule has 1 aliphatic rings. The largest absolute Gasteiger partial charge is 0.493 e. The first-order chi connectivity index (χ1) is 12.1. The Morgan fingerprint density at radius 3 is 2.64 bits per heavy atom. The third-order valence-electron chi connectivity index (χ3n) is 4.51. The van der Waals surface area contributed by atoms with Crippen LogP contribution in [0.5, 0.6) is 11.5 Å².